The van der Waals surface area contributed by atoms with Crippen LogP contribution in [-0.2, 0) is 9.84 Å². The van der Waals surface area contributed by atoms with Crippen molar-refractivity contribution in [2.24, 2.45) is 0 Å². The van der Waals surface area contributed by atoms with Crippen LogP contribution in [0.3, 0.4) is 0 Å². The predicted octanol–water partition coefficient (Wildman–Crippen LogP) is 1.67. The largest absolute Gasteiger partial charge is 0.444 e. The molecule has 1 amide bonds. The van der Waals surface area contributed by atoms with Crippen molar-refractivity contribution in [3.8, 4) is 0 Å². The van der Waals surface area contributed by atoms with E-state index in [2.05, 4.69) is 0 Å². The van der Waals surface area contributed by atoms with E-state index in [0.29, 0.717) is 6.54 Å². The van der Waals surface area contributed by atoms with Gasteiger partial charge in [0.05, 0.1) is 13.2 Å². The molecule has 0 aromatic rings. The Bertz CT molecular complexity index is 163. The zero-order valence-corrected chi connectivity index (χ0v) is 8.79. The van der Waals surface area contributed by atoms with Gasteiger partial charge in [-0.2, -0.15) is 0 Å². The standard InChI is InChI=1S/C9H18NO3/c1-5-10(6-7-11)8(12)13-9(2,3)4/h5-7H2,1-4H3. The van der Waals surface area contributed by atoms with Crippen LogP contribution in [0, 0.1) is 0 Å². The number of carbonyl (C=O) groups excluding carboxylic acids is 1. The molecule has 4 heteroatoms. The van der Waals surface area contributed by atoms with Crippen molar-refractivity contribution in [2.45, 2.75) is 33.3 Å². The first kappa shape index (κ1) is 12.2. The van der Waals surface area contributed by atoms with Crippen molar-refractivity contribution < 1.29 is 14.6 Å². The third-order valence-electron chi connectivity index (χ3n) is 1.39. The molecule has 0 unspecified atom stereocenters. The first-order valence-corrected chi connectivity index (χ1v) is 4.46. The third kappa shape index (κ3) is 5.47. The lowest BCUT2D eigenvalue weighted by atomic mass is 10.2. The number of amides is 1. The molecule has 0 aliphatic rings. The number of likely N-dealkylation sites (N-methyl/N-ethyl adjacent to an activating group) is 1. The van der Waals surface area contributed by atoms with Gasteiger partial charge in [-0.1, -0.05) is 0 Å². The number of nitrogens with zero attached hydrogens (tertiary/aromatic N) is 1. The highest BCUT2D eigenvalue weighted by Crippen LogP contribution is 2.09. The zero-order valence-electron chi connectivity index (χ0n) is 8.79. The van der Waals surface area contributed by atoms with Crippen LogP contribution in [-0.4, -0.2) is 36.3 Å². The van der Waals surface area contributed by atoms with Crippen LogP contribution in [0.4, 0.5) is 4.79 Å². The molecule has 13 heavy (non-hydrogen) atoms. The molecule has 0 bridgehead atoms. The van der Waals surface area contributed by atoms with Crippen LogP contribution >= 0.6 is 0 Å². The topological polar surface area (TPSA) is 49.4 Å². The van der Waals surface area contributed by atoms with Crippen LogP contribution in [0.15, 0.2) is 0 Å². The number of hydrogen-bond donors (Lipinski definition) is 0. The number of rotatable bonds is 3. The average molecular weight is 188 g/mol. The predicted molar refractivity (Wildman–Crippen MR) is 49.0 cm³/mol. The SMILES string of the molecule is CCN(CC[O])C(=O)OC(C)(C)C. The van der Waals surface area contributed by atoms with Crippen molar-refractivity contribution in [3.05, 3.63) is 0 Å². The summed E-state index contributed by atoms with van der Waals surface area (Å²) >= 11 is 0. The van der Waals surface area contributed by atoms with E-state index >= 15 is 0 Å². The molecule has 0 atom stereocenters. The molecule has 0 saturated carbocycles. The molecular weight excluding hydrogens is 170 g/mol. The molecule has 0 spiro atoms. The van der Waals surface area contributed by atoms with Crippen LogP contribution in [0.2, 0.25) is 0 Å². The second-order valence-electron chi connectivity index (χ2n) is 3.76. The van der Waals surface area contributed by atoms with Crippen molar-refractivity contribution in [3.63, 3.8) is 0 Å². The minimum Gasteiger partial charge on any atom is -0.444 e. The van der Waals surface area contributed by atoms with Crippen molar-refractivity contribution in [1.82, 2.24) is 4.90 Å². The molecule has 0 aliphatic heterocycles. The first-order chi connectivity index (χ1) is 5.90. The van der Waals surface area contributed by atoms with Gasteiger partial charge in [-0.3, -0.25) is 0 Å². The zero-order chi connectivity index (χ0) is 10.5. The van der Waals surface area contributed by atoms with Gasteiger partial charge in [0.25, 0.3) is 0 Å². The van der Waals surface area contributed by atoms with E-state index in [1.165, 1.54) is 4.90 Å². The summed E-state index contributed by atoms with van der Waals surface area (Å²) in [6, 6.07) is 0. The maximum Gasteiger partial charge on any atom is 0.410 e. The lowest BCUT2D eigenvalue weighted by Crippen LogP contribution is -2.38. The normalized spacial score (nSPS) is 11.2. The van der Waals surface area contributed by atoms with Gasteiger partial charge in [-0.15, -0.1) is 0 Å². The third-order valence-corrected chi connectivity index (χ3v) is 1.39. The molecule has 0 aliphatic carbocycles. The van der Waals surface area contributed by atoms with Crippen molar-refractivity contribution >= 4 is 6.09 Å². The average Bonchev–Trinajstić information content (AvgIpc) is 1.96. The second kappa shape index (κ2) is 5.07. The first-order valence-electron chi connectivity index (χ1n) is 4.46. The molecule has 0 N–H and O–H groups in total. The van der Waals surface area contributed by atoms with Gasteiger partial charge >= 0.3 is 6.09 Å². The molecule has 0 rings (SSSR count). The Morgan fingerprint density at radius 1 is 1.38 bits per heavy atom. The fraction of sp³-hybridized carbons (Fsp3) is 0.889. The van der Waals surface area contributed by atoms with Crippen LogP contribution < -0.4 is 0 Å². The lowest BCUT2D eigenvalue weighted by Gasteiger charge is -2.25. The van der Waals surface area contributed by atoms with Crippen molar-refractivity contribution in [1.29, 1.82) is 0 Å². The van der Waals surface area contributed by atoms with E-state index in [-0.39, 0.29) is 13.2 Å². The van der Waals surface area contributed by atoms with Gasteiger partial charge in [-0.25, -0.2) is 9.90 Å². The van der Waals surface area contributed by atoms with E-state index in [4.69, 9.17) is 4.74 Å². The fourth-order valence-electron chi connectivity index (χ4n) is 0.815. The van der Waals surface area contributed by atoms with Gasteiger partial charge in [0.1, 0.15) is 5.60 Å². The monoisotopic (exact) mass is 188 g/mol. The fourth-order valence-corrected chi connectivity index (χ4v) is 0.815. The summed E-state index contributed by atoms with van der Waals surface area (Å²) in [4.78, 5) is 12.7. The molecule has 77 valence electrons. The van der Waals surface area contributed by atoms with Gasteiger partial charge in [0, 0.05) is 6.54 Å². The summed E-state index contributed by atoms with van der Waals surface area (Å²) in [6.07, 6.45) is -0.411. The van der Waals surface area contributed by atoms with Crippen LogP contribution in [0.5, 0.6) is 0 Å². The Kier molecular flexibility index (Phi) is 4.77. The van der Waals surface area contributed by atoms with Gasteiger partial charge in [-0.05, 0) is 27.7 Å². The number of carbonyl (C=O) groups is 1. The Morgan fingerprint density at radius 2 is 1.92 bits per heavy atom. The Hall–Kier alpha value is -0.770. The maximum absolute atomic E-state index is 11.3. The Balaban J connectivity index is 4.06. The van der Waals surface area contributed by atoms with Crippen LogP contribution in [0.25, 0.3) is 0 Å². The smallest absolute Gasteiger partial charge is 0.410 e. The minimum atomic E-state index is -0.493. The quantitative estimate of drug-likeness (QED) is 0.676. The van der Waals surface area contributed by atoms with Crippen LogP contribution in [0.1, 0.15) is 27.7 Å². The summed E-state index contributed by atoms with van der Waals surface area (Å²) in [5, 5.41) is 10.3. The molecule has 0 aromatic carbocycles. The summed E-state index contributed by atoms with van der Waals surface area (Å²) in [5.41, 5.74) is -0.493. The molecular formula is C9H18NO3. The number of ether oxygens (including phenoxy) is 1. The molecule has 0 aromatic heterocycles. The highest BCUT2D eigenvalue weighted by molar-refractivity contribution is 5.68. The van der Waals surface area contributed by atoms with E-state index < -0.39 is 11.7 Å². The van der Waals surface area contributed by atoms with E-state index in [1.54, 1.807) is 20.8 Å². The molecule has 0 heterocycles. The molecule has 4 nitrogen and oxygen atoms in total. The number of hydrogen-bond acceptors (Lipinski definition) is 2. The highest BCUT2D eigenvalue weighted by Gasteiger charge is 2.20. The Morgan fingerprint density at radius 3 is 2.23 bits per heavy atom. The summed E-state index contributed by atoms with van der Waals surface area (Å²) in [6.45, 7) is 7.66. The molecule has 1 radical (unpaired) electrons. The summed E-state index contributed by atoms with van der Waals surface area (Å²) in [7, 11) is 0. The summed E-state index contributed by atoms with van der Waals surface area (Å²) < 4.78 is 5.09. The van der Waals surface area contributed by atoms with E-state index in [0.717, 1.165) is 0 Å². The second-order valence-corrected chi connectivity index (χ2v) is 3.76. The lowest BCUT2D eigenvalue weighted by molar-refractivity contribution is 0.0203. The van der Waals surface area contributed by atoms with E-state index in [1.807, 2.05) is 6.92 Å². The molecule has 0 fully saturated rings. The highest BCUT2D eigenvalue weighted by atomic mass is 16.6. The molecule has 0 saturated heterocycles. The van der Waals surface area contributed by atoms with E-state index in [9.17, 15) is 9.90 Å². The minimum absolute atomic E-state index is 0.214. The van der Waals surface area contributed by atoms with Crippen molar-refractivity contribution in [2.75, 3.05) is 19.7 Å². The Labute approximate surface area is 79.5 Å². The van der Waals surface area contributed by atoms with Gasteiger partial charge in [0.2, 0.25) is 0 Å². The summed E-state index contributed by atoms with van der Waals surface area (Å²) in [5.74, 6) is 0. The van der Waals surface area contributed by atoms with Gasteiger partial charge < -0.3 is 9.64 Å². The maximum atomic E-state index is 11.3. The van der Waals surface area contributed by atoms with Gasteiger partial charge in [0.15, 0.2) is 0 Å².